The SMILES string of the molecule is Cc1cccc(CN2CC(C(=O)Nc3ccc(C(C)C)cc3)CC2=O)c1. The van der Waals surface area contributed by atoms with Crippen LogP contribution in [0, 0.1) is 12.8 Å². The lowest BCUT2D eigenvalue weighted by Crippen LogP contribution is -2.28. The maximum absolute atomic E-state index is 12.5. The van der Waals surface area contributed by atoms with Crippen LogP contribution in [0.1, 0.15) is 42.9 Å². The number of nitrogens with zero attached hydrogens (tertiary/aromatic N) is 1. The van der Waals surface area contributed by atoms with E-state index in [1.165, 1.54) is 11.1 Å². The van der Waals surface area contributed by atoms with Gasteiger partial charge in [-0.25, -0.2) is 0 Å². The van der Waals surface area contributed by atoms with E-state index in [-0.39, 0.29) is 24.2 Å². The topological polar surface area (TPSA) is 49.4 Å². The van der Waals surface area contributed by atoms with Crippen molar-refractivity contribution in [2.45, 2.75) is 39.7 Å². The Kier molecular flexibility index (Phi) is 5.40. The molecule has 1 unspecified atom stereocenters. The molecule has 0 spiro atoms. The molecule has 26 heavy (non-hydrogen) atoms. The minimum absolute atomic E-state index is 0.0433. The molecule has 136 valence electrons. The van der Waals surface area contributed by atoms with Gasteiger partial charge in [-0.1, -0.05) is 55.8 Å². The summed E-state index contributed by atoms with van der Waals surface area (Å²) in [4.78, 5) is 26.6. The van der Waals surface area contributed by atoms with Crippen LogP contribution in [0.4, 0.5) is 5.69 Å². The van der Waals surface area contributed by atoms with Gasteiger partial charge in [-0.3, -0.25) is 9.59 Å². The van der Waals surface area contributed by atoms with Gasteiger partial charge in [-0.2, -0.15) is 0 Å². The summed E-state index contributed by atoms with van der Waals surface area (Å²) in [5.74, 6) is 0.128. The van der Waals surface area contributed by atoms with E-state index in [0.717, 1.165) is 11.3 Å². The lowest BCUT2D eigenvalue weighted by Gasteiger charge is -2.17. The third-order valence-corrected chi connectivity index (χ3v) is 4.89. The largest absolute Gasteiger partial charge is 0.338 e. The quantitative estimate of drug-likeness (QED) is 0.882. The number of anilines is 1. The predicted molar refractivity (Wildman–Crippen MR) is 104 cm³/mol. The van der Waals surface area contributed by atoms with Crippen LogP contribution in [0.25, 0.3) is 0 Å². The van der Waals surface area contributed by atoms with E-state index in [9.17, 15) is 9.59 Å². The van der Waals surface area contributed by atoms with Crippen LogP contribution < -0.4 is 5.32 Å². The third-order valence-electron chi connectivity index (χ3n) is 4.89. The van der Waals surface area contributed by atoms with E-state index in [1.807, 2.05) is 49.4 Å². The van der Waals surface area contributed by atoms with E-state index < -0.39 is 0 Å². The maximum Gasteiger partial charge on any atom is 0.229 e. The summed E-state index contributed by atoms with van der Waals surface area (Å²) in [7, 11) is 0. The Morgan fingerprint density at radius 2 is 1.92 bits per heavy atom. The van der Waals surface area contributed by atoms with Crippen molar-refractivity contribution in [1.82, 2.24) is 4.90 Å². The van der Waals surface area contributed by atoms with E-state index in [2.05, 4.69) is 25.2 Å². The standard InChI is InChI=1S/C22H26N2O2/c1-15(2)18-7-9-20(10-8-18)23-22(26)19-12-21(25)24(14-19)13-17-6-4-5-16(3)11-17/h4-11,15,19H,12-14H2,1-3H3,(H,23,26). The van der Waals surface area contributed by atoms with Gasteiger partial charge in [-0.05, 0) is 36.1 Å². The van der Waals surface area contributed by atoms with Gasteiger partial charge < -0.3 is 10.2 Å². The summed E-state index contributed by atoms with van der Waals surface area (Å²) >= 11 is 0. The molecule has 1 heterocycles. The second-order valence-electron chi connectivity index (χ2n) is 7.43. The Labute approximate surface area is 155 Å². The van der Waals surface area contributed by atoms with Crippen LogP contribution in [0.5, 0.6) is 0 Å². The fraction of sp³-hybridized carbons (Fsp3) is 0.364. The fourth-order valence-corrected chi connectivity index (χ4v) is 3.33. The number of aryl methyl sites for hydroxylation is 1. The second kappa shape index (κ2) is 7.73. The van der Waals surface area contributed by atoms with Gasteiger partial charge in [0.1, 0.15) is 0 Å². The van der Waals surface area contributed by atoms with Crippen molar-refractivity contribution in [2.24, 2.45) is 5.92 Å². The van der Waals surface area contributed by atoms with Gasteiger partial charge in [0.25, 0.3) is 0 Å². The maximum atomic E-state index is 12.5. The zero-order valence-electron chi connectivity index (χ0n) is 15.7. The first kappa shape index (κ1) is 18.2. The number of carbonyl (C=O) groups excluding carboxylic acids is 2. The molecule has 1 fully saturated rings. The van der Waals surface area contributed by atoms with Crippen molar-refractivity contribution in [3.63, 3.8) is 0 Å². The molecule has 2 aromatic carbocycles. The molecule has 3 rings (SSSR count). The zero-order valence-corrected chi connectivity index (χ0v) is 15.7. The highest BCUT2D eigenvalue weighted by molar-refractivity contribution is 5.97. The highest BCUT2D eigenvalue weighted by atomic mass is 16.2. The molecule has 0 saturated carbocycles. The Hall–Kier alpha value is -2.62. The Bertz CT molecular complexity index is 796. The van der Waals surface area contributed by atoms with Crippen molar-refractivity contribution in [2.75, 3.05) is 11.9 Å². The van der Waals surface area contributed by atoms with Crippen molar-refractivity contribution in [3.8, 4) is 0 Å². The molecule has 1 aliphatic heterocycles. The first-order chi connectivity index (χ1) is 12.4. The number of nitrogens with one attached hydrogen (secondary N) is 1. The summed E-state index contributed by atoms with van der Waals surface area (Å²) in [5, 5.41) is 2.95. The van der Waals surface area contributed by atoms with Crippen molar-refractivity contribution in [3.05, 3.63) is 65.2 Å². The van der Waals surface area contributed by atoms with Gasteiger partial charge in [-0.15, -0.1) is 0 Å². The minimum atomic E-state index is -0.294. The van der Waals surface area contributed by atoms with E-state index in [0.29, 0.717) is 19.0 Å². The van der Waals surface area contributed by atoms with Crippen LogP contribution in [-0.2, 0) is 16.1 Å². The summed E-state index contributed by atoms with van der Waals surface area (Å²) < 4.78 is 0. The number of carbonyl (C=O) groups is 2. The average molecular weight is 350 g/mol. The van der Waals surface area contributed by atoms with Crippen LogP contribution in [0.3, 0.4) is 0 Å². The summed E-state index contributed by atoms with van der Waals surface area (Å²) in [6, 6.07) is 16.0. The number of benzene rings is 2. The summed E-state index contributed by atoms with van der Waals surface area (Å²) in [6.07, 6.45) is 0.279. The highest BCUT2D eigenvalue weighted by Crippen LogP contribution is 2.23. The lowest BCUT2D eigenvalue weighted by molar-refractivity contribution is -0.128. The molecule has 4 nitrogen and oxygen atoms in total. The molecule has 1 aliphatic rings. The predicted octanol–water partition coefficient (Wildman–Crippen LogP) is 4.11. The fourth-order valence-electron chi connectivity index (χ4n) is 3.33. The molecular weight excluding hydrogens is 324 g/mol. The summed E-state index contributed by atoms with van der Waals surface area (Å²) in [6.45, 7) is 7.35. The molecule has 0 radical (unpaired) electrons. The lowest BCUT2D eigenvalue weighted by atomic mass is 10.0. The first-order valence-electron chi connectivity index (χ1n) is 9.16. The molecule has 1 N–H and O–H groups in total. The molecule has 0 aromatic heterocycles. The molecule has 2 amide bonds. The van der Waals surface area contributed by atoms with Gasteiger partial charge in [0.2, 0.25) is 11.8 Å². The summed E-state index contributed by atoms with van der Waals surface area (Å²) in [5.41, 5.74) is 4.30. The molecule has 2 aromatic rings. The second-order valence-corrected chi connectivity index (χ2v) is 7.43. The van der Waals surface area contributed by atoms with Gasteiger partial charge >= 0.3 is 0 Å². The van der Waals surface area contributed by atoms with Crippen LogP contribution in [0.2, 0.25) is 0 Å². The normalized spacial score (nSPS) is 17.0. The van der Waals surface area contributed by atoms with Gasteiger partial charge in [0.05, 0.1) is 5.92 Å². The van der Waals surface area contributed by atoms with Crippen LogP contribution >= 0.6 is 0 Å². The number of amides is 2. The van der Waals surface area contributed by atoms with Crippen molar-refractivity contribution >= 4 is 17.5 Å². The van der Waals surface area contributed by atoms with Crippen molar-refractivity contribution in [1.29, 1.82) is 0 Å². The van der Waals surface area contributed by atoms with Crippen LogP contribution in [-0.4, -0.2) is 23.3 Å². The van der Waals surface area contributed by atoms with E-state index in [4.69, 9.17) is 0 Å². The van der Waals surface area contributed by atoms with Gasteiger partial charge in [0.15, 0.2) is 0 Å². The Morgan fingerprint density at radius 1 is 1.19 bits per heavy atom. The minimum Gasteiger partial charge on any atom is -0.338 e. The van der Waals surface area contributed by atoms with Crippen LogP contribution in [0.15, 0.2) is 48.5 Å². The van der Waals surface area contributed by atoms with E-state index >= 15 is 0 Å². The van der Waals surface area contributed by atoms with E-state index in [1.54, 1.807) is 4.90 Å². The number of hydrogen-bond donors (Lipinski definition) is 1. The highest BCUT2D eigenvalue weighted by Gasteiger charge is 2.34. The number of rotatable bonds is 5. The third kappa shape index (κ3) is 4.31. The first-order valence-corrected chi connectivity index (χ1v) is 9.16. The van der Waals surface area contributed by atoms with Gasteiger partial charge in [0, 0.05) is 25.2 Å². The van der Waals surface area contributed by atoms with Crippen molar-refractivity contribution < 1.29 is 9.59 Å². The smallest absolute Gasteiger partial charge is 0.229 e. The monoisotopic (exact) mass is 350 g/mol. The molecule has 0 aliphatic carbocycles. The molecule has 1 saturated heterocycles. The molecule has 1 atom stereocenters. The molecule has 4 heteroatoms. The number of hydrogen-bond acceptors (Lipinski definition) is 2. The Morgan fingerprint density at radius 3 is 2.58 bits per heavy atom. The molecule has 0 bridgehead atoms. The Balaban J connectivity index is 1.59. The number of likely N-dealkylation sites (tertiary alicyclic amines) is 1. The zero-order chi connectivity index (χ0) is 18.7. The average Bonchev–Trinajstić information content (AvgIpc) is 2.96. The molecular formula is C22H26N2O2.